The molecule has 0 fully saturated rings. The molecule has 0 rings (SSSR count). The van der Waals surface area contributed by atoms with Gasteiger partial charge in [0.25, 0.3) is 0 Å². The molecule has 0 spiro atoms. The molecule has 8 nitrogen and oxygen atoms in total. The topological polar surface area (TPSA) is 103 Å². The third kappa shape index (κ3) is 12.7. The van der Waals surface area contributed by atoms with Crippen molar-refractivity contribution in [2.45, 2.75) is 6.42 Å². The van der Waals surface area contributed by atoms with Crippen LogP contribution in [0.3, 0.4) is 0 Å². The van der Waals surface area contributed by atoms with Crippen molar-refractivity contribution >= 4 is 5.97 Å². The van der Waals surface area contributed by atoms with Crippen LogP contribution in [-0.4, -0.2) is 59.3 Å². The Morgan fingerprint density at radius 3 is 2.17 bits per heavy atom. The SMILES string of the molecule is COC(=O)CCOCCOCCOCCN=[N+]=[N-]. The van der Waals surface area contributed by atoms with Crippen LogP contribution in [0, 0.1) is 0 Å². The molecule has 8 heteroatoms. The van der Waals surface area contributed by atoms with Gasteiger partial charge in [0.2, 0.25) is 0 Å². The van der Waals surface area contributed by atoms with Gasteiger partial charge in [0.05, 0.1) is 53.2 Å². The van der Waals surface area contributed by atoms with Gasteiger partial charge in [-0.05, 0) is 5.53 Å². The zero-order chi connectivity index (χ0) is 13.5. The van der Waals surface area contributed by atoms with E-state index in [-0.39, 0.29) is 12.4 Å². The average molecular weight is 261 g/mol. The summed E-state index contributed by atoms with van der Waals surface area (Å²) in [6.45, 7) is 2.82. The van der Waals surface area contributed by atoms with E-state index in [9.17, 15) is 4.79 Å². The van der Waals surface area contributed by atoms with Gasteiger partial charge in [0.15, 0.2) is 0 Å². The second kappa shape index (κ2) is 13.7. The Bertz CT molecular complexity index is 256. The normalized spacial score (nSPS) is 9.83. The van der Waals surface area contributed by atoms with E-state index in [1.165, 1.54) is 7.11 Å². The Morgan fingerprint density at radius 1 is 1.06 bits per heavy atom. The van der Waals surface area contributed by atoms with Crippen LogP contribution < -0.4 is 0 Å². The lowest BCUT2D eigenvalue weighted by Gasteiger charge is -2.05. The highest BCUT2D eigenvalue weighted by Crippen LogP contribution is 1.87. The van der Waals surface area contributed by atoms with Gasteiger partial charge in [-0.25, -0.2) is 0 Å². The number of hydrogen-bond acceptors (Lipinski definition) is 6. The van der Waals surface area contributed by atoms with Crippen LogP contribution in [0.25, 0.3) is 10.4 Å². The summed E-state index contributed by atoms with van der Waals surface area (Å²) in [6, 6.07) is 0. The van der Waals surface area contributed by atoms with E-state index in [2.05, 4.69) is 14.8 Å². The van der Waals surface area contributed by atoms with Gasteiger partial charge in [0, 0.05) is 11.5 Å². The Kier molecular flexibility index (Phi) is 12.7. The zero-order valence-corrected chi connectivity index (χ0v) is 10.5. The molecular weight excluding hydrogens is 242 g/mol. The van der Waals surface area contributed by atoms with E-state index in [4.69, 9.17) is 19.7 Å². The fourth-order valence-electron chi connectivity index (χ4n) is 0.950. The highest BCUT2D eigenvalue weighted by atomic mass is 16.5. The number of hydrogen-bond donors (Lipinski definition) is 0. The Hall–Kier alpha value is -1.34. The van der Waals surface area contributed by atoms with Crippen molar-refractivity contribution in [3.8, 4) is 0 Å². The van der Waals surface area contributed by atoms with Crippen molar-refractivity contribution in [1.82, 2.24) is 0 Å². The summed E-state index contributed by atoms with van der Waals surface area (Å²) in [4.78, 5) is 13.3. The first-order chi connectivity index (χ1) is 8.81. The molecule has 0 aromatic rings. The quantitative estimate of drug-likeness (QED) is 0.171. The number of carbonyl (C=O) groups excluding carboxylic acids is 1. The second-order valence-electron chi connectivity index (χ2n) is 3.12. The van der Waals surface area contributed by atoms with Crippen molar-refractivity contribution in [3.63, 3.8) is 0 Å². The number of carbonyl (C=O) groups is 1. The number of esters is 1. The van der Waals surface area contributed by atoms with Crippen molar-refractivity contribution in [1.29, 1.82) is 0 Å². The summed E-state index contributed by atoms with van der Waals surface area (Å²) in [5.74, 6) is -0.288. The second-order valence-corrected chi connectivity index (χ2v) is 3.12. The molecule has 0 aromatic heterocycles. The molecule has 0 saturated heterocycles. The van der Waals surface area contributed by atoms with Gasteiger partial charge in [-0.15, -0.1) is 0 Å². The monoisotopic (exact) mass is 261 g/mol. The van der Waals surface area contributed by atoms with E-state index in [1.807, 2.05) is 0 Å². The van der Waals surface area contributed by atoms with E-state index >= 15 is 0 Å². The Labute approximate surface area is 106 Å². The first-order valence-electron chi connectivity index (χ1n) is 5.62. The first-order valence-corrected chi connectivity index (χ1v) is 5.62. The predicted molar refractivity (Wildman–Crippen MR) is 63.1 cm³/mol. The number of nitrogens with zero attached hydrogens (tertiary/aromatic N) is 3. The third-order valence-electron chi connectivity index (χ3n) is 1.82. The molecule has 0 heterocycles. The summed E-state index contributed by atoms with van der Waals surface area (Å²) in [7, 11) is 1.34. The lowest BCUT2D eigenvalue weighted by atomic mass is 10.5. The highest BCUT2D eigenvalue weighted by Gasteiger charge is 1.98. The van der Waals surface area contributed by atoms with Gasteiger partial charge in [-0.2, -0.15) is 0 Å². The van der Waals surface area contributed by atoms with Gasteiger partial charge in [-0.3, -0.25) is 4.79 Å². The molecule has 0 amide bonds. The average Bonchev–Trinajstić information content (AvgIpc) is 2.39. The Morgan fingerprint density at radius 2 is 1.61 bits per heavy atom. The number of rotatable bonds is 12. The molecule has 0 radical (unpaired) electrons. The van der Waals surface area contributed by atoms with Crippen LogP contribution in [-0.2, 0) is 23.7 Å². The minimum atomic E-state index is -0.288. The molecule has 0 N–H and O–H groups in total. The van der Waals surface area contributed by atoms with Gasteiger partial charge in [0.1, 0.15) is 0 Å². The molecule has 18 heavy (non-hydrogen) atoms. The van der Waals surface area contributed by atoms with E-state index in [0.29, 0.717) is 46.2 Å². The van der Waals surface area contributed by atoms with Crippen molar-refractivity contribution < 1.29 is 23.7 Å². The summed E-state index contributed by atoms with van der Waals surface area (Å²) in [5, 5.41) is 3.32. The minimum absolute atomic E-state index is 0.249. The molecule has 0 atom stereocenters. The number of methoxy groups -OCH3 is 1. The van der Waals surface area contributed by atoms with Gasteiger partial charge < -0.3 is 18.9 Å². The van der Waals surface area contributed by atoms with Crippen LogP contribution in [0.1, 0.15) is 6.42 Å². The van der Waals surface area contributed by atoms with E-state index < -0.39 is 0 Å². The van der Waals surface area contributed by atoms with Crippen LogP contribution in [0.15, 0.2) is 5.11 Å². The summed E-state index contributed by atoms with van der Waals surface area (Å²) in [5.41, 5.74) is 8.00. The molecule has 0 aliphatic heterocycles. The molecule has 0 aromatic carbocycles. The lowest BCUT2D eigenvalue weighted by molar-refractivity contribution is -0.141. The van der Waals surface area contributed by atoms with Crippen molar-refractivity contribution in [3.05, 3.63) is 10.4 Å². The maximum absolute atomic E-state index is 10.7. The van der Waals surface area contributed by atoms with Crippen LogP contribution in [0.2, 0.25) is 0 Å². The molecular formula is C10H19N3O5. The van der Waals surface area contributed by atoms with Crippen LogP contribution in [0.5, 0.6) is 0 Å². The molecule has 0 aliphatic rings. The number of azide groups is 1. The zero-order valence-electron chi connectivity index (χ0n) is 10.5. The lowest BCUT2D eigenvalue weighted by Crippen LogP contribution is -2.12. The highest BCUT2D eigenvalue weighted by molar-refractivity contribution is 5.69. The van der Waals surface area contributed by atoms with E-state index in [0.717, 1.165) is 0 Å². The summed E-state index contributed by atoms with van der Waals surface area (Å²) in [6.07, 6.45) is 0.249. The van der Waals surface area contributed by atoms with Gasteiger partial charge >= 0.3 is 5.97 Å². The van der Waals surface area contributed by atoms with Crippen LogP contribution >= 0.6 is 0 Å². The van der Waals surface area contributed by atoms with Crippen molar-refractivity contribution in [2.24, 2.45) is 5.11 Å². The number of ether oxygens (including phenoxy) is 4. The predicted octanol–water partition coefficient (Wildman–Crippen LogP) is 0.910. The van der Waals surface area contributed by atoms with E-state index in [1.54, 1.807) is 0 Å². The maximum Gasteiger partial charge on any atom is 0.307 e. The molecule has 0 aliphatic carbocycles. The largest absolute Gasteiger partial charge is 0.469 e. The van der Waals surface area contributed by atoms with Crippen LogP contribution in [0.4, 0.5) is 0 Å². The third-order valence-corrected chi connectivity index (χ3v) is 1.82. The van der Waals surface area contributed by atoms with Crippen molar-refractivity contribution in [2.75, 3.05) is 53.3 Å². The smallest absolute Gasteiger partial charge is 0.307 e. The fraction of sp³-hybridized carbons (Fsp3) is 0.900. The fourth-order valence-corrected chi connectivity index (χ4v) is 0.950. The minimum Gasteiger partial charge on any atom is -0.469 e. The molecule has 0 saturated carbocycles. The van der Waals surface area contributed by atoms with Gasteiger partial charge in [-0.1, -0.05) is 5.11 Å². The first kappa shape index (κ1) is 16.7. The molecule has 0 unspecified atom stereocenters. The molecule has 0 bridgehead atoms. The standard InChI is InChI=1S/C10H19N3O5/c1-15-10(14)2-4-16-6-8-18-9-7-17-5-3-12-13-11/h2-9H2,1H3. The summed E-state index contributed by atoms with van der Waals surface area (Å²) < 4.78 is 19.9. The summed E-state index contributed by atoms with van der Waals surface area (Å²) >= 11 is 0. The Balaban J connectivity index is 3.03. The maximum atomic E-state index is 10.7. The molecule has 104 valence electrons.